The molecular weight excluding hydrogens is 192 g/mol. The molecule has 0 aromatic heterocycles. The second-order valence-corrected chi connectivity index (χ2v) is 3.89. The number of hydrogen-bond acceptors (Lipinski definition) is 2. The number of hydrogen-bond donors (Lipinski definition) is 1. The third kappa shape index (κ3) is 2.49. The van der Waals surface area contributed by atoms with Gasteiger partial charge in [0, 0.05) is 0 Å². The lowest BCUT2D eigenvalue weighted by Gasteiger charge is -2.19. The highest BCUT2D eigenvalue weighted by atomic mass is 16.5. The van der Waals surface area contributed by atoms with Crippen molar-refractivity contribution in [2.45, 2.75) is 26.2 Å². The van der Waals surface area contributed by atoms with E-state index < -0.39 is 11.4 Å². The molecule has 0 amide bonds. The summed E-state index contributed by atoms with van der Waals surface area (Å²) in [6.45, 7) is 5.90. The lowest BCUT2D eigenvalue weighted by molar-refractivity contribution is -0.142. The zero-order chi connectivity index (χ0) is 11.5. The molecule has 0 saturated carbocycles. The minimum Gasteiger partial charge on any atom is -0.494 e. The number of carboxylic acid groups (broad SMARTS) is 1. The zero-order valence-electron chi connectivity index (χ0n) is 9.28. The summed E-state index contributed by atoms with van der Waals surface area (Å²) in [7, 11) is 0. The molecule has 0 aliphatic heterocycles. The minimum absolute atomic E-state index is 0.613. The van der Waals surface area contributed by atoms with Gasteiger partial charge < -0.3 is 9.84 Å². The molecule has 3 heteroatoms. The van der Waals surface area contributed by atoms with E-state index in [1.54, 1.807) is 38.1 Å². The Morgan fingerprint density at radius 3 is 2.27 bits per heavy atom. The molecule has 0 bridgehead atoms. The molecule has 1 aromatic carbocycles. The molecule has 0 aliphatic rings. The van der Waals surface area contributed by atoms with E-state index in [0.717, 1.165) is 11.3 Å². The van der Waals surface area contributed by atoms with E-state index in [-0.39, 0.29) is 0 Å². The maximum Gasteiger partial charge on any atom is 0.313 e. The lowest BCUT2D eigenvalue weighted by Crippen LogP contribution is -2.28. The quantitative estimate of drug-likeness (QED) is 0.826. The molecule has 1 rings (SSSR count). The van der Waals surface area contributed by atoms with Gasteiger partial charge in [-0.1, -0.05) is 12.1 Å². The van der Waals surface area contributed by atoms with Gasteiger partial charge in [-0.2, -0.15) is 0 Å². The maximum absolute atomic E-state index is 11.0. The van der Waals surface area contributed by atoms with Gasteiger partial charge in [0.1, 0.15) is 5.75 Å². The van der Waals surface area contributed by atoms with Crippen LogP contribution in [0.1, 0.15) is 26.3 Å². The fourth-order valence-electron chi connectivity index (χ4n) is 1.26. The minimum atomic E-state index is -0.856. The van der Waals surface area contributed by atoms with Crippen LogP contribution in [-0.4, -0.2) is 17.7 Å². The van der Waals surface area contributed by atoms with Crippen LogP contribution in [0, 0.1) is 0 Å². The van der Waals surface area contributed by atoms with Crippen LogP contribution in [0.2, 0.25) is 0 Å². The molecule has 0 saturated heterocycles. The van der Waals surface area contributed by atoms with Crippen molar-refractivity contribution in [3.05, 3.63) is 29.8 Å². The first-order valence-electron chi connectivity index (χ1n) is 4.95. The molecule has 0 spiro atoms. The molecule has 1 N–H and O–H groups in total. The Labute approximate surface area is 89.7 Å². The summed E-state index contributed by atoms with van der Waals surface area (Å²) < 4.78 is 5.29. The summed E-state index contributed by atoms with van der Waals surface area (Å²) in [5.41, 5.74) is -0.0801. The Hall–Kier alpha value is -1.51. The SMILES string of the molecule is CCOc1ccc(C(C)(C)C(=O)O)cc1. The Kier molecular flexibility index (Phi) is 3.35. The molecule has 0 heterocycles. The Balaban J connectivity index is 2.93. The van der Waals surface area contributed by atoms with Gasteiger partial charge in [0.15, 0.2) is 0 Å². The number of aliphatic carboxylic acids is 1. The summed E-state index contributed by atoms with van der Waals surface area (Å²) >= 11 is 0. The number of rotatable bonds is 4. The van der Waals surface area contributed by atoms with Crippen LogP contribution in [0.25, 0.3) is 0 Å². The second-order valence-electron chi connectivity index (χ2n) is 3.89. The third-order valence-electron chi connectivity index (χ3n) is 2.42. The normalized spacial score (nSPS) is 11.1. The van der Waals surface area contributed by atoms with Crippen molar-refractivity contribution < 1.29 is 14.6 Å². The zero-order valence-corrected chi connectivity index (χ0v) is 9.28. The largest absolute Gasteiger partial charge is 0.494 e. The number of carbonyl (C=O) groups is 1. The maximum atomic E-state index is 11.0. The number of ether oxygens (including phenoxy) is 1. The molecule has 0 fully saturated rings. The molecule has 15 heavy (non-hydrogen) atoms. The van der Waals surface area contributed by atoms with Crippen molar-refractivity contribution in [2.75, 3.05) is 6.61 Å². The smallest absolute Gasteiger partial charge is 0.313 e. The van der Waals surface area contributed by atoms with Crippen molar-refractivity contribution in [3.63, 3.8) is 0 Å². The summed E-state index contributed by atoms with van der Waals surface area (Å²) in [6.07, 6.45) is 0. The third-order valence-corrected chi connectivity index (χ3v) is 2.42. The van der Waals surface area contributed by atoms with Crippen molar-refractivity contribution >= 4 is 5.97 Å². The van der Waals surface area contributed by atoms with Crippen molar-refractivity contribution in [1.82, 2.24) is 0 Å². The first kappa shape index (κ1) is 11.6. The highest BCUT2D eigenvalue weighted by Crippen LogP contribution is 2.25. The van der Waals surface area contributed by atoms with E-state index in [4.69, 9.17) is 9.84 Å². The van der Waals surface area contributed by atoms with E-state index in [2.05, 4.69) is 0 Å². The first-order chi connectivity index (χ1) is 6.98. The van der Waals surface area contributed by atoms with Crippen LogP contribution in [0.15, 0.2) is 24.3 Å². The fourth-order valence-corrected chi connectivity index (χ4v) is 1.26. The molecule has 0 atom stereocenters. The second kappa shape index (κ2) is 4.34. The number of benzene rings is 1. The highest BCUT2D eigenvalue weighted by Gasteiger charge is 2.29. The van der Waals surface area contributed by atoms with Gasteiger partial charge >= 0.3 is 5.97 Å². The van der Waals surface area contributed by atoms with Gasteiger partial charge in [0.25, 0.3) is 0 Å². The van der Waals surface area contributed by atoms with Crippen molar-refractivity contribution in [3.8, 4) is 5.75 Å². The van der Waals surface area contributed by atoms with Gasteiger partial charge in [0.2, 0.25) is 0 Å². The summed E-state index contributed by atoms with van der Waals surface area (Å²) in [6, 6.07) is 7.17. The predicted octanol–water partition coefficient (Wildman–Crippen LogP) is 2.45. The van der Waals surface area contributed by atoms with Crippen molar-refractivity contribution in [1.29, 1.82) is 0 Å². The monoisotopic (exact) mass is 208 g/mol. The fraction of sp³-hybridized carbons (Fsp3) is 0.417. The van der Waals surface area contributed by atoms with E-state index in [9.17, 15) is 4.79 Å². The van der Waals surface area contributed by atoms with E-state index in [1.807, 2.05) is 6.92 Å². The standard InChI is InChI=1S/C12H16O3/c1-4-15-10-7-5-9(6-8-10)12(2,3)11(13)14/h5-8H,4H2,1-3H3,(H,13,14). The highest BCUT2D eigenvalue weighted by molar-refractivity contribution is 5.80. The average Bonchev–Trinajstić information content (AvgIpc) is 2.19. The summed E-state index contributed by atoms with van der Waals surface area (Å²) in [5, 5.41) is 9.04. The predicted molar refractivity (Wildman–Crippen MR) is 58.3 cm³/mol. The van der Waals surface area contributed by atoms with Crippen molar-refractivity contribution in [2.24, 2.45) is 0 Å². The molecular formula is C12H16O3. The van der Waals surface area contributed by atoms with Crippen LogP contribution in [0.4, 0.5) is 0 Å². The van der Waals surface area contributed by atoms with Crippen LogP contribution in [0.3, 0.4) is 0 Å². The lowest BCUT2D eigenvalue weighted by atomic mass is 9.85. The van der Waals surface area contributed by atoms with Gasteiger partial charge in [-0.15, -0.1) is 0 Å². The molecule has 0 radical (unpaired) electrons. The van der Waals surface area contributed by atoms with Crippen LogP contribution < -0.4 is 4.74 Å². The van der Waals surface area contributed by atoms with Gasteiger partial charge in [-0.3, -0.25) is 4.79 Å². The molecule has 1 aromatic rings. The molecule has 82 valence electrons. The Bertz CT molecular complexity index is 338. The molecule has 0 unspecified atom stereocenters. The molecule has 3 nitrogen and oxygen atoms in total. The van der Waals surface area contributed by atoms with E-state index in [1.165, 1.54) is 0 Å². The van der Waals surface area contributed by atoms with E-state index >= 15 is 0 Å². The Morgan fingerprint density at radius 2 is 1.87 bits per heavy atom. The van der Waals surface area contributed by atoms with E-state index in [0.29, 0.717) is 6.61 Å². The van der Waals surface area contributed by atoms with Crippen LogP contribution >= 0.6 is 0 Å². The van der Waals surface area contributed by atoms with Crippen LogP contribution in [-0.2, 0) is 10.2 Å². The number of carboxylic acids is 1. The Morgan fingerprint density at radius 1 is 1.33 bits per heavy atom. The van der Waals surface area contributed by atoms with Gasteiger partial charge in [-0.25, -0.2) is 0 Å². The topological polar surface area (TPSA) is 46.5 Å². The molecule has 0 aliphatic carbocycles. The van der Waals surface area contributed by atoms with Gasteiger partial charge in [0.05, 0.1) is 12.0 Å². The summed E-state index contributed by atoms with van der Waals surface area (Å²) in [5.74, 6) is -0.0610. The average molecular weight is 208 g/mol. The van der Waals surface area contributed by atoms with Crippen LogP contribution in [0.5, 0.6) is 5.75 Å². The first-order valence-corrected chi connectivity index (χ1v) is 4.95. The summed E-state index contributed by atoms with van der Waals surface area (Å²) in [4.78, 5) is 11.0. The van der Waals surface area contributed by atoms with Gasteiger partial charge in [-0.05, 0) is 38.5 Å².